The van der Waals surface area contributed by atoms with Crippen molar-refractivity contribution in [2.45, 2.75) is 31.7 Å². The second-order valence-electron chi connectivity index (χ2n) is 5.14. The first kappa shape index (κ1) is 14.2. The maximum absolute atomic E-state index is 12.8. The second kappa shape index (κ2) is 5.55. The summed E-state index contributed by atoms with van der Waals surface area (Å²) < 4.78 is 0. The van der Waals surface area contributed by atoms with Gasteiger partial charge in [-0.25, -0.2) is 4.99 Å². The number of amides is 1. The molecule has 1 aromatic rings. The Bertz CT molecular complexity index is 607. The van der Waals surface area contributed by atoms with Crippen molar-refractivity contribution in [1.82, 2.24) is 20.4 Å². The third kappa shape index (κ3) is 2.35. The Morgan fingerprint density at radius 1 is 1.52 bits per heavy atom. The molecule has 1 fully saturated rings. The van der Waals surface area contributed by atoms with Crippen LogP contribution >= 0.6 is 11.8 Å². The van der Waals surface area contributed by atoms with Gasteiger partial charge in [0.05, 0.1) is 5.92 Å². The molecule has 1 saturated heterocycles. The van der Waals surface area contributed by atoms with Crippen LogP contribution in [-0.4, -0.2) is 45.1 Å². The predicted molar refractivity (Wildman–Crippen MR) is 83.9 cm³/mol. The lowest BCUT2D eigenvalue weighted by Gasteiger charge is -2.38. The molecule has 2 N–H and O–H groups in total. The molecule has 0 bridgehead atoms. The maximum atomic E-state index is 12.8. The zero-order chi connectivity index (χ0) is 15.0. The van der Waals surface area contributed by atoms with Crippen LogP contribution in [-0.2, 0) is 4.79 Å². The van der Waals surface area contributed by atoms with Gasteiger partial charge in [-0.15, -0.1) is 11.8 Å². The van der Waals surface area contributed by atoms with E-state index in [1.807, 2.05) is 19.2 Å². The van der Waals surface area contributed by atoms with E-state index in [2.05, 4.69) is 27.4 Å². The SMILES string of the molecule is CCN1C(=O)C(c2ccn[nH]2)CC2=C(C)NC(SC)N=C21. The highest BCUT2D eigenvalue weighted by Crippen LogP contribution is 2.35. The first-order valence-electron chi connectivity index (χ1n) is 7.03. The zero-order valence-electron chi connectivity index (χ0n) is 12.4. The third-order valence-electron chi connectivity index (χ3n) is 3.97. The number of aliphatic imine (C=N–C) groups is 1. The number of rotatable bonds is 3. The first-order chi connectivity index (χ1) is 10.2. The van der Waals surface area contributed by atoms with Gasteiger partial charge in [-0.3, -0.25) is 14.8 Å². The Balaban J connectivity index is 2.01. The molecule has 2 aliphatic rings. The van der Waals surface area contributed by atoms with Crippen LogP contribution in [0.5, 0.6) is 0 Å². The number of aromatic nitrogens is 2. The van der Waals surface area contributed by atoms with Crippen LogP contribution in [0.2, 0.25) is 0 Å². The number of nitrogens with one attached hydrogen (secondary N) is 2. The Kier molecular flexibility index (Phi) is 3.75. The minimum atomic E-state index is -0.205. The zero-order valence-corrected chi connectivity index (χ0v) is 13.2. The van der Waals surface area contributed by atoms with Crippen LogP contribution in [0.3, 0.4) is 0 Å². The number of likely N-dealkylation sites (tertiary alicyclic amines) is 1. The van der Waals surface area contributed by atoms with Crippen LogP contribution in [0.15, 0.2) is 28.5 Å². The summed E-state index contributed by atoms with van der Waals surface area (Å²) in [6.45, 7) is 4.67. The van der Waals surface area contributed by atoms with Crippen LogP contribution in [0.4, 0.5) is 0 Å². The third-order valence-corrected chi connectivity index (χ3v) is 4.64. The standard InChI is InChI=1S/C14H19N5OS/c1-4-19-12-9(8(2)16-14(17-12)21-3)7-10(13(19)20)11-5-6-15-18-11/h5-6,10,14,16H,4,7H2,1-3H3,(H,15,18). The molecule has 0 aromatic carbocycles. The molecule has 112 valence electrons. The van der Waals surface area contributed by atoms with Gasteiger partial charge in [-0.1, -0.05) is 0 Å². The summed E-state index contributed by atoms with van der Waals surface area (Å²) in [5.41, 5.74) is 3.08. The molecule has 3 heterocycles. The quantitative estimate of drug-likeness (QED) is 0.891. The van der Waals surface area contributed by atoms with E-state index in [-0.39, 0.29) is 17.3 Å². The molecule has 0 spiro atoms. The highest BCUT2D eigenvalue weighted by Gasteiger charge is 2.39. The fourth-order valence-corrected chi connectivity index (χ4v) is 3.34. The fraction of sp³-hybridized carbons (Fsp3) is 0.500. The molecule has 7 heteroatoms. The predicted octanol–water partition coefficient (Wildman–Crippen LogP) is 1.67. The second-order valence-corrected chi connectivity index (χ2v) is 6.06. The van der Waals surface area contributed by atoms with E-state index in [1.165, 1.54) is 0 Å². The van der Waals surface area contributed by atoms with Gasteiger partial charge in [0.25, 0.3) is 0 Å². The van der Waals surface area contributed by atoms with Crippen LogP contribution in [0.25, 0.3) is 0 Å². The Labute approximate surface area is 128 Å². The number of carbonyl (C=O) groups excluding carboxylic acids is 1. The molecule has 1 aromatic heterocycles. The van der Waals surface area contributed by atoms with E-state index in [1.54, 1.807) is 22.9 Å². The number of allylic oxidation sites excluding steroid dienone is 1. The number of likely N-dealkylation sites (N-methyl/N-ethyl adjacent to an activating group) is 1. The van der Waals surface area contributed by atoms with Crippen molar-refractivity contribution in [3.63, 3.8) is 0 Å². The Morgan fingerprint density at radius 3 is 2.95 bits per heavy atom. The van der Waals surface area contributed by atoms with E-state index < -0.39 is 0 Å². The molecule has 1 amide bonds. The topological polar surface area (TPSA) is 73.4 Å². The molecule has 0 saturated carbocycles. The molecule has 2 aliphatic heterocycles. The van der Waals surface area contributed by atoms with Crippen molar-refractivity contribution in [2.24, 2.45) is 4.99 Å². The van der Waals surface area contributed by atoms with Crippen molar-refractivity contribution in [1.29, 1.82) is 0 Å². The summed E-state index contributed by atoms with van der Waals surface area (Å²) in [5, 5.41) is 10.3. The number of nitrogens with zero attached hydrogens (tertiary/aromatic N) is 3. The van der Waals surface area contributed by atoms with Crippen molar-refractivity contribution in [3.8, 4) is 0 Å². The van der Waals surface area contributed by atoms with Crippen LogP contribution < -0.4 is 5.32 Å². The van der Waals surface area contributed by atoms with E-state index >= 15 is 0 Å². The molecule has 3 rings (SSSR count). The van der Waals surface area contributed by atoms with Gasteiger partial charge in [0.15, 0.2) is 5.50 Å². The lowest BCUT2D eigenvalue weighted by molar-refractivity contribution is -0.129. The van der Waals surface area contributed by atoms with Crippen LogP contribution in [0.1, 0.15) is 31.9 Å². The highest BCUT2D eigenvalue weighted by molar-refractivity contribution is 7.99. The Morgan fingerprint density at radius 2 is 2.33 bits per heavy atom. The molecular formula is C14H19N5OS. The normalized spacial score (nSPS) is 25.6. The summed E-state index contributed by atoms with van der Waals surface area (Å²) >= 11 is 1.63. The molecule has 6 nitrogen and oxygen atoms in total. The molecule has 21 heavy (non-hydrogen) atoms. The average Bonchev–Trinajstić information content (AvgIpc) is 3.00. The molecule has 2 unspecified atom stereocenters. The lowest BCUT2D eigenvalue weighted by atomic mass is 9.88. The van der Waals surface area contributed by atoms with E-state index in [0.717, 1.165) is 22.8 Å². The summed E-state index contributed by atoms with van der Waals surface area (Å²) in [7, 11) is 0. The maximum Gasteiger partial charge on any atom is 0.237 e. The van der Waals surface area contributed by atoms with Crippen molar-refractivity contribution >= 4 is 23.5 Å². The van der Waals surface area contributed by atoms with Crippen molar-refractivity contribution < 1.29 is 4.79 Å². The summed E-state index contributed by atoms with van der Waals surface area (Å²) in [5.74, 6) is 0.719. The van der Waals surface area contributed by atoms with E-state index in [9.17, 15) is 4.79 Å². The number of thioether (sulfide) groups is 1. The van der Waals surface area contributed by atoms with Crippen molar-refractivity contribution in [2.75, 3.05) is 12.8 Å². The van der Waals surface area contributed by atoms with Gasteiger partial charge in [0.2, 0.25) is 5.91 Å². The highest BCUT2D eigenvalue weighted by atomic mass is 32.2. The summed E-state index contributed by atoms with van der Waals surface area (Å²) in [4.78, 5) is 19.2. The largest absolute Gasteiger partial charge is 0.359 e. The lowest BCUT2D eigenvalue weighted by Crippen LogP contribution is -2.49. The Hall–Kier alpha value is -1.76. The van der Waals surface area contributed by atoms with E-state index in [0.29, 0.717) is 13.0 Å². The summed E-state index contributed by atoms with van der Waals surface area (Å²) in [6, 6.07) is 1.87. The van der Waals surface area contributed by atoms with Gasteiger partial charge in [-0.2, -0.15) is 5.10 Å². The van der Waals surface area contributed by atoms with Crippen LogP contribution in [0, 0.1) is 0 Å². The number of amidine groups is 1. The number of H-pyrrole nitrogens is 1. The fourth-order valence-electron chi connectivity index (χ4n) is 2.84. The first-order valence-corrected chi connectivity index (χ1v) is 8.32. The number of hydrogen-bond acceptors (Lipinski definition) is 5. The smallest absolute Gasteiger partial charge is 0.237 e. The molecular weight excluding hydrogens is 286 g/mol. The number of aromatic amines is 1. The number of carbonyl (C=O) groups is 1. The van der Waals surface area contributed by atoms with Gasteiger partial charge in [0.1, 0.15) is 5.84 Å². The minimum absolute atomic E-state index is 0.0192. The molecule has 0 radical (unpaired) electrons. The number of hydrogen-bond donors (Lipinski definition) is 2. The molecule has 2 atom stereocenters. The van der Waals surface area contributed by atoms with Crippen molar-refractivity contribution in [3.05, 3.63) is 29.2 Å². The average molecular weight is 305 g/mol. The van der Waals surface area contributed by atoms with Gasteiger partial charge in [-0.05, 0) is 32.6 Å². The van der Waals surface area contributed by atoms with Gasteiger partial charge in [0, 0.05) is 29.7 Å². The number of fused-ring (bicyclic) bond motifs is 1. The molecule has 0 aliphatic carbocycles. The summed E-state index contributed by atoms with van der Waals surface area (Å²) in [6.07, 6.45) is 4.36. The van der Waals surface area contributed by atoms with E-state index in [4.69, 9.17) is 0 Å². The monoisotopic (exact) mass is 305 g/mol. The van der Waals surface area contributed by atoms with Gasteiger partial charge >= 0.3 is 0 Å². The number of piperidine rings is 1. The minimum Gasteiger partial charge on any atom is -0.359 e. The van der Waals surface area contributed by atoms with Gasteiger partial charge < -0.3 is 5.32 Å².